The minimum atomic E-state index is -0.105. The van der Waals surface area contributed by atoms with E-state index >= 15 is 0 Å². The number of thioether (sulfide) groups is 1. The fourth-order valence-electron chi connectivity index (χ4n) is 1.15. The zero-order valence-corrected chi connectivity index (χ0v) is 10.3. The molecule has 0 heterocycles. The molecule has 5 heteroatoms. The third-order valence-corrected chi connectivity index (χ3v) is 2.99. The van der Waals surface area contributed by atoms with Crippen molar-refractivity contribution in [2.75, 3.05) is 25.1 Å². The maximum absolute atomic E-state index is 11.3. The third-order valence-electron chi connectivity index (χ3n) is 1.93. The highest BCUT2D eigenvalue weighted by molar-refractivity contribution is 8.00. The molecule has 0 saturated carbocycles. The predicted octanol–water partition coefficient (Wildman–Crippen LogP) is 1.12. The Labute approximate surface area is 105 Å². The zero-order chi connectivity index (χ0) is 12.7. The average molecular weight is 250 g/mol. The van der Waals surface area contributed by atoms with Crippen molar-refractivity contribution in [3.8, 4) is 18.1 Å². The first-order valence-electron chi connectivity index (χ1n) is 4.94. The van der Waals surface area contributed by atoms with Gasteiger partial charge in [-0.15, -0.1) is 18.2 Å². The fraction of sp³-hybridized carbons (Fsp3) is 0.250. The summed E-state index contributed by atoms with van der Waals surface area (Å²) in [6.07, 6.45) is 5.04. The lowest BCUT2D eigenvalue weighted by Crippen LogP contribution is -2.25. The summed E-state index contributed by atoms with van der Waals surface area (Å²) in [7, 11) is 1.57. The molecule has 17 heavy (non-hydrogen) atoms. The van der Waals surface area contributed by atoms with Crippen LogP contribution in [0.1, 0.15) is 0 Å². The maximum atomic E-state index is 11.3. The van der Waals surface area contributed by atoms with E-state index in [0.29, 0.717) is 17.2 Å². The van der Waals surface area contributed by atoms with Gasteiger partial charge in [-0.1, -0.05) is 5.92 Å². The normalized spacial score (nSPS) is 9.41. The number of carbonyl (C=O) groups is 1. The Morgan fingerprint density at radius 2 is 2.41 bits per heavy atom. The van der Waals surface area contributed by atoms with E-state index in [-0.39, 0.29) is 12.5 Å². The Kier molecular flexibility index (Phi) is 5.24. The predicted molar refractivity (Wildman–Crippen MR) is 70.0 cm³/mol. The highest BCUT2D eigenvalue weighted by Gasteiger charge is 2.07. The van der Waals surface area contributed by atoms with Crippen LogP contribution < -0.4 is 15.8 Å². The van der Waals surface area contributed by atoms with Crippen LogP contribution in [0, 0.1) is 12.3 Å². The number of nitrogens with one attached hydrogen (secondary N) is 1. The van der Waals surface area contributed by atoms with E-state index < -0.39 is 0 Å². The molecule has 4 nitrogen and oxygen atoms in total. The number of methoxy groups -OCH3 is 1. The Morgan fingerprint density at radius 3 is 3.06 bits per heavy atom. The topological polar surface area (TPSA) is 64.4 Å². The van der Waals surface area contributed by atoms with Gasteiger partial charge in [0.2, 0.25) is 5.91 Å². The Balaban J connectivity index is 2.57. The molecule has 1 amide bonds. The maximum Gasteiger partial charge on any atom is 0.231 e. The van der Waals surface area contributed by atoms with Gasteiger partial charge in [0.1, 0.15) is 5.75 Å². The van der Waals surface area contributed by atoms with E-state index in [1.54, 1.807) is 19.2 Å². The van der Waals surface area contributed by atoms with Crippen molar-refractivity contribution in [1.29, 1.82) is 0 Å². The molecule has 0 aliphatic rings. The summed E-state index contributed by atoms with van der Waals surface area (Å²) in [5, 5.41) is 2.59. The van der Waals surface area contributed by atoms with Crippen LogP contribution in [0.15, 0.2) is 23.1 Å². The molecule has 0 saturated heterocycles. The van der Waals surface area contributed by atoms with Gasteiger partial charge in [-0.25, -0.2) is 0 Å². The number of hydrogen-bond donors (Lipinski definition) is 2. The summed E-state index contributed by atoms with van der Waals surface area (Å²) in [6.45, 7) is 0.248. The van der Waals surface area contributed by atoms with Crippen molar-refractivity contribution in [3.63, 3.8) is 0 Å². The lowest BCUT2D eigenvalue weighted by Gasteiger charge is -2.08. The smallest absolute Gasteiger partial charge is 0.231 e. The van der Waals surface area contributed by atoms with Crippen molar-refractivity contribution >= 4 is 23.4 Å². The molecule has 0 aliphatic carbocycles. The fourth-order valence-corrected chi connectivity index (χ4v) is 1.98. The van der Waals surface area contributed by atoms with E-state index in [0.717, 1.165) is 4.90 Å². The second kappa shape index (κ2) is 6.71. The average Bonchev–Trinajstić information content (AvgIpc) is 2.34. The summed E-state index contributed by atoms with van der Waals surface area (Å²) in [4.78, 5) is 12.2. The molecule has 0 fully saturated rings. The molecule has 0 aliphatic heterocycles. The van der Waals surface area contributed by atoms with Crippen LogP contribution in [0.3, 0.4) is 0 Å². The van der Waals surface area contributed by atoms with Gasteiger partial charge in [0.25, 0.3) is 0 Å². The molecule has 1 aromatic rings. The van der Waals surface area contributed by atoms with E-state index in [9.17, 15) is 4.79 Å². The first-order valence-corrected chi connectivity index (χ1v) is 5.92. The summed E-state index contributed by atoms with van der Waals surface area (Å²) < 4.78 is 5.17. The van der Waals surface area contributed by atoms with Gasteiger partial charge in [-0.3, -0.25) is 4.79 Å². The van der Waals surface area contributed by atoms with Gasteiger partial charge >= 0.3 is 0 Å². The van der Waals surface area contributed by atoms with Gasteiger partial charge in [0.15, 0.2) is 0 Å². The summed E-state index contributed by atoms with van der Waals surface area (Å²) >= 11 is 1.38. The third kappa shape index (κ3) is 4.29. The second-order valence-corrected chi connectivity index (χ2v) is 4.20. The SMILES string of the molecule is C#CCNC(=O)CSc1ccc(N)cc1OC. The van der Waals surface area contributed by atoms with E-state index in [2.05, 4.69) is 11.2 Å². The van der Waals surface area contributed by atoms with Gasteiger partial charge in [0.05, 0.1) is 19.4 Å². The van der Waals surface area contributed by atoms with Crippen LogP contribution in [0.25, 0.3) is 0 Å². The van der Waals surface area contributed by atoms with Crippen LogP contribution in [0.2, 0.25) is 0 Å². The second-order valence-electron chi connectivity index (χ2n) is 3.18. The van der Waals surface area contributed by atoms with Crippen molar-refractivity contribution in [3.05, 3.63) is 18.2 Å². The number of ether oxygens (including phenoxy) is 1. The van der Waals surface area contributed by atoms with Gasteiger partial charge in [-0.2, -0.15) is 0 Å². The largest absolute Gasteiger partial charge is 0.496 e. The molecule has 0 radical (unpaired) electrons. The summed E-state index contributed by atoms with van der Waals surface area (Å²) in [5.41, 5.74) is 6.26. The lowest BCUT2D eigenvalue weighted by molar-refractivity contribution is -0.118. The molecule has 0 spiro atoms. The summed E-state index contributed by atoms with van der Waals surface area (Å²) in [6, 6.07) is 5.32. The number of rotatable bonds is 5. The first kappa shape index (κ1) is 13.3. The lowest BCUT2D eigenvalue weighted by atomic mass is 10.3. The van der Waals surface area contributed by atoms with Crippen molar-refractivity contribution < 1.29 is 9.53 Å². The molecule has 0 bridgehead atoms. The molecular weight excluding hydrogens is 236 g/mol. The minimum Gasteiger partial charge on any atom is -0.496 e. The number of carbonyl (C=O) groups excluding carboxylic acids is 1. The molecule has 90 valence electrons. The van der Waals surface area contributed by atoms with Crippen LogP contribution in [0.4, 0.5) is 5.69 Å². The van der Waals surface area contributed by atoms with Crippen LogP contribution in [0.5, 0.6) is 5.75 Å². The molecule has 0 aromatic heterocycles. The molecular formula is C12H14N2O2S. The van der Waals surface area contributed by atoms with E-state index in [1.807, 2.05) is 6.07 Å². The Bertz CT molecular complexity index is 441. The molecule has 1 rings (SSSR count). The van der Waals surface area contributed by atoms with E-state index in [1.165, 1.54) is 11.8 Å². The Hall–Kier alpha value is -1.80. The summed E-state index contributed by atoms with van der Waals surface area (Å²) in [5.74, 6) is 3.20. The Morgan fingerprint density at radius 1 is 1.65 bits per heavy atom. The standard InChI is InChI=1S/C12H14N2O2S/c1-3-6-14-12(15)8-17-11-5-4-9(13)7-10(11)16-2/h1,4-5,7H,6,8,13H2,2H3,(H,14,15). The monoisotopic (exact) mass is 250 g/mol. The highest BCUT2D eigenvalue weighted by Crippen LogP contribution is 2.30. The molecule has 3 N–H and O–H groups in total. The van der Waals surface area contributed by atoms with Crippen molar-refractivity contribution in [2.45, 2.75) is 4.90 Å². The number of amides is 1. The number of terminal acetylenes is 1. The number of hydrogen-bond acceptors (Lipinski definition) is 4. The first-order chi connectivity index (χ1) is 8.17. The van der Waals surface area contributed by atoms with Crippen LogP contribution in [-0.4, -0.2) is 25.3 Å². The number of anilines is 1. The molecule has 1 aromatic carbocycles. The van der Waals surface area contributed by atoms with Gasteiger partial charge < -0.3 is 15.8 Å². The number of nitrogen functional groups attached to an aromatic ring is 1. The van der Waals surface area contributed by atoms with Crippen LogP contribution in [-0.2, 0) is 4.79 Å². The number of benzene rings is 1. The van der Waals surface area contributed by atoms with Crippen molar-refractivity contribution in [1.82, 2.24) is 5.32 Å². The van der Waals surface area contributed by atoms with Crippen molar-refractivity contribution in [2.24, 2.45) is 0 Å². The highest BCUT2D eigenvalue weighted by atomic mass is 32.2. The van der Waals surface area contributed by atoms with Gasteiger partial charge in [0, 0.05) is 16.6 Å². The van der Waals surface area contributed by atoms with E-state index in [4.69, 9.17) is 16.9 Å². The molecule has 0 atom stereocenters. The zero-order valence-electron chi connectivity index (χ0n) is 9.53. The number of nitrogens with two attached hydrogens (primary N) is 1. The quantitative estimate of drug-likeness (QED) is 0.467. The molecule has 0 unspecified atom stereocenters. The van der Waals surface area contributed by atoms with Gasteiger partial charge in [-0.05, 0) is 12.1 Å². The minimum absolute atomic E-state index is 0.105. The van der Waals surface area contributed by atoms with Crippen LogP contribution >= 0.6 is 11.8 Å².